The van der Waals surface area contributed by atoms with Crippen molar-refractivity contribution in [3.05, 3.63) is 60.4 Å². The Morgan fingerprint density at radius 3 is 2.83 bits per heavy atom. The number of aliphatic carboxylic acids is 1. The molecule has 36 heavy (non-hydrogen) atoms. The predicted octanol–water partition coefficient (Wildman–Crippen LogP) is 2.63. The van der Waals surface area contributed by atoms with Crippen LogP contribution in [0.4, 0.5) is 17.5 Å². The standard InChI is InChI=1S/C26H34N8O2/c1-19-16-33(12-13-34(19)18-25(35)36)17-20-4-2-5-22(14-20)31-26-29-11-8-23(32-26)21-6-7-24(30-15-21)28-10-3-9-27/h2,4-8,11,14-15,19H,3,9-10,12-13,16-18,27H2,1H3,(H,28,30)(H,35,36)(H,29,31,32). The first-order valence-corrected chi connectivity index (χ1v) is 12.3. The summed E-state index contributed by atoms with van der Waals surface area (Å²) in [5, 5.41) is 15.6. The Morgan fingerprint density at radius 1 is 1.19 bits per heavy atom. The molecule has 2 aromatic heterocycles. The third kappa shape index (κ3) is 7.20. The van der Waals surface area contributed by atoms with E-state index in [4.69, 9.17) is 10.8 Å². The molecule has 1 aliphatic rings. The van der Waals surface area contributed by atoms with Gasteiger partial charge in [-0.05, 0) is 55.8 Å². The minimum atomic E-state index is -0.774. The van der Waals surface area contributed by atoms with Crippen molar-refractivity contribution in [3.8, 4) is 11.3 Å². The highest BCUT2D eigenvalue weighted by Crippen LogP contribution is 2.21. The van der Waals surface area contributed by atoms with Gasteiger partial charge in [-0.25, -0.2) is 15.0 Å². The summed E-state index contributed by atoms with van der Waals surface area (Å²) in [7, 11) is 0. The van der Waals surface area contributed by atoms with Crippen LogP contribution in [0.5, 0.6) is 0 Å². The summed E-state index contributed by atoms with van der Waals surface area (Å²) in [6, 6.07) is 14.2. The fourth-order valence-corrected chi connectivity index (χ4v) is 4.31. The van der Waals surface area contributed by atoms with Crippen LogP contribution in [0.2, 0.25) is 0 Å². The van der Waals surface area contributed by atoms with Gasteiger partial charge in [0.25, 0.3) is 0 Å². The summed E-state index contributed by atoms with van der Waals surface area (Å²) < 4.78 is 0. The Labute approximate surface area is 211 Å². The summed E-state index contributed by atoms with van der Waals surface area (Å²) in [5.41, 5.74) is 9.33. The lowest BCUT2D eigenvalue weighted by Crippen LogP contribution is -2.52. The lowest BCUT2D eigenvalue weighted by molar-refractivity contribution is -0.139. The van der Waals surface area contributed by atoms with Crippen molar-refractivity contribution in [2.75, 3.05) is 49.9 Å². The van der Waals surface area contributed by atoms with Crippen LogP contribution in [0.15, 0.2) is 54.9 Å². The Balaban J connectivity index is 1.36. The summed E-state index contributed by atoms with van der Waals surface area (Å²) >= 11 is 0. The topological polar surface area (TPSA) is 133 Å². The minimum Gasteiger partial charge on any atom is -0.480 e. The van der Waals surface area contributed by atoms with Gasteiger partial charge in [0, 0.05) is 62.4 Å². The summed E-state index contributed by atoms with van der Waals surface area (Å²) in [6.07, 6.45) is 4.43. The van der Waals surface area contributed by atoms with Crippen molar-refractivity contribution in [1.82, 2.24) is 24.8 Å². The first-order valence-electron chi connectivity index (χ1n) is 12.3. The van der Waals surface area contributed by atoms with Gasteiger partial charge < -0.3 is 21.5 Å². The number of carboxylic acids is 1. The first kappa shape index (κ1) is 25.5. The number of hydrogen-bond donors (Lipinski definition) is 4. The van der Waals surface area contributed by atoms with Gasteiger partial charge in [0.05, 0.1) is 12.2 Å². The van der Waals surface area contributed by atoms with Crippen LogP contribution in [-0.4, -0.2) is 81.1 Å². The number of nitrogens with two attached hydrogens (primary N) is 1. The molecule has 10 heteroatoms. The van der Waals surface area contributed by atoms with E-state index in [1.807, 2.05) is 35.2 Å². The minimum absolute atomic E-state index is 0.0966. The molecule has 1 aromatic carbocycles. The number of piperazine rings is 1. The van der Waals surface area contributed by atoms with Gasteiger partial charge in [0.15, 0.2) is 0 Å². The van der Waals surface area contributed by atoms with Gasteiger partial charge >= 0.3 is 5.97 Å². The van der Waals surface area contributed by atoms with Gasteiger partial charge in [-0.3, -0.25) is 14.6 Å². The van der Waals surface area contributed by atoms with E-state index < -0.39 is 5.97 Å². The molecule has 1 unspecified atom stereocenters. The number of anilines is 3. The molecule has 4 rings (SSSR count). The molecule has 190 valence electrons. The third-order valence-electron chi connectivity index (χ3n) is 6.18. The highest BCUT2D eigenvalue weighted by atomic mass is 16.4. The van der Waals surface area contributed by atoms with Crippen molar-refractivity contribution in [3.63, 3.8) is 0 Å². The quantitative estimate of drug-likeness (QED) is 0.297. The first-order chi connectivity index (χ1) is 17.5. The van der Waals surface area contributed by atoms with E-state index in [9.17, 15) is 4.79 Å². The van der Waals surface area contributed by atoms with Gasteiger partial charge in [0.2, 0.25) is 5.95 Å². The molecule has 0 saturated carbocycles. The SMILES string of the molecule is CC1CN(Cc2cccc(Nc3nccc(-c4ccc(NCCCN)nc4)n3)c2)CCN1CC(=O)O. The van der Waals surface area contributed by atoms with Crippen LogP contribution >= 0.6 is 0 Å². The molecule has 0 aliphatic carbocycles. The number of hydrogen-bond acceptors (Lipinski definition) is 9. The van der Waals surface area contributed by atoms with Crippen molar-refractivity contribution in [1.29, 1.82) is 0 Å². The second kappa shape index (κ2) is 12.4. The lowest BCUT2D eigenvalue weighted by atomic mass is 10.1. The van der Waals surface area contributed by atoms with E-state index in [0.29, 0.717) is 12.5 Å². The maximum Gasteiger partial charge on any atom is 0.317 e. The van der Waals surface area contributed by atoms with Gasteiger partial charge in [-0.2, -0.15) is 0 Å². The van der Waals surface area contributed by atoms with Gasteiger partial charge in [-0.1, -0.05) is 12.1 Å². The molecule has 0 radical (unpaired) electrons. The number of carboxylic acid groups (broad SMARTS) is 1. The fraction of sp³-hybridized carbons (Fsp3) is 0.385. The average molecular weight is 491 g/mol. The number of pyridine rings is 1. The van der Waals surface area contributed by atoms with E-state index in [1.54, 1.807) is 12.4 Å². The second-order valence-corrected chi connectivity index (χ2v) is 9.04. The number of carbonyl (C=O) groups is 1. The normalized spacial score (nSPS) is 16.6. The maximum absolute atomic E-state index is 11.1. The average Bonchev–Trinajstić information content (AvgIpc) is 2.86. The fourth-order valence-electron chi connectivity index (χ4n) is 4.31. The smallest absolute Gasteiger partial charge is 0.317 e. The molecular weight excluding hydrogens is 456 g/mol. The number of nitrogens with zero attached hydrogens (tertiary/aromatic N) is 5. The molecule has 1 atom stereocenters. The Morgan fingerprint density at radius 2 is 2.08 bits per heavy atom. The van der Waals surface area contributed by atoms with E-state index in [0.717, 1.165) is 61.9 Å². The van der Waals surface area contributed by atoms with Gasteiger partial charge in [0.1, 0.15) is 5.82 Å². The molecular formula is C26H34N8O2. The predicted molar refractivity (Wildman–Crippen MR) is 141 cm³/mol. The van der Waals surface area contributed by atoms with E-state index in [-0.39, 0.29) is 12.6 Å². The molecule has 0 spiro atoms. The van der Waals surface area contributed by atoms with Crippen molar-refractivity contribution < 1.29 is 9.90 Å². The number of rotatable bonds is 11. The molecule has 3 heterocycles. The number of nitrogens with one attached hydrogen (secondary N) is 2. The van der Waals surface area contributed by atoms with Gasteiger partial charge in [-0.15, -0.1) is 0 Å². The Kier molecular flexibility index (Phi) is 8.77. The number of benzene rings is 1. The zero-order chi connectivity index (χ0) is 25.3. The molecule has 1 saturated heterocycles. The van der Waals surface area contributed by atoms with Crippen LogP contribution in [0.25, 0.3) is 11.3 Å². The Bertz CT molecular complexity index is 1140. The van der Waals surface area contributed by atoms with Crippen LogP contribution < -0.4 is 16.4 Å². The van der Waals surface area contributed by atoms with E-state index in [1.165, 1.54) is 5.56 Å². The lowest BCUT2D eigenvalue weighted by Gasteiger charge is -2.39. The monoisotopic (exact) mass is 490 g/mol. The highest BCUT2D eigenvalue weighted by molar-refractivity contribution is 5.69. The number of aromatic nitrogens is 3. The molecule has 1 fully saturated rings. The molecule has 3 aromatic rings. The molecule has 5 N–H and O–H groups in total. The van der Waals surface area contributed by atoms with E-state index >= 15 is 0 Å². The molecule has 10 nitrogen and oxygen atoms in total. The van der Waals surface area contributed by atoms with Crippen molar-refractivity contribution >= 4 is 23.4 Å². The summed E-state index contributed by atoms with van der Waals surface area (Å²) in [6.45, 7) is 6.86. The zero-order valence-electron chi connectivity index (χ0n) is 20.6. The maximum atomic E-state index is 11.1. The van der Waals surface area contributed by atoms with Crippen molar-refractivity contribution in [2.24, 2.45) is 5.73 Å². The largest absolute Gasteiger partial charge is 0.480 e. The zero-order valence-corrected chi connectivity index (χ0v) is 20.6. The molecule has 1 aliphatic heterocycles. The van der Waals surface area contributed by atoms with Crippen LogP contribution in [0, 0.1) is 0 Å². The molecule has 0 amide bonds. The Hall–Kier alpha value is -3.60. The second-order valence-electron chi connectivity index (χ2n) is 9.04. The molecule has 0 bridgehead atoms. The van der Waals surface area contributed by atoms with Crippen LogP contribution in [-0.2, 0) is 11.3 Å². The van der Waals surface area contributed by atoms with Crippen molar-refractivity contribution in [2.45, 2.75) is 25.9 Å². The summed E-state index contributed by atoms with van der Waals surface area (Å²) in [5.74, 6) is 0.559. The highest BCUT2D eigenvalue weighted by Gasteiger charge is 2.25. The summed E-state index contributed by atoms with van der Waals surface area (Å²) in [4.78, 5) is 28.9. The van der Waals surface area contributed by atoms with Crippen LogP contribution in [0.1, 0.15) is 18.9 Å². The van der Waals surface area contributed by atoms with Crippen LogP contribution in [0.3, 0.4) is 0 Å². The third-order valence-corrected chi connectivity index (χ3v) is 6.18. The van der Waals surface area contributed by atoms with E-state index in [2.05, 4.69) is 49.5 Å².